The van der Waals surface area contributed by atoms with Crippen molar-refractivity contribution in [3.8, 4) is 11.8 Å². The molecule has 1 saturated carbocycles. The highest BCUT2D eigenvalue weighted by molar-refractivity contribution is 5.93. The summed E-state index contributed by atoms with van der Waals surface area (Å²) in [4.78, 5) is 22.9. The van der Waals surface area contributed by atoms with Gasteiger partial charge in [0.15, 0.2) is 11.5 Å². The molecule has 1 aliphatic carbocycles. The predicted molar refractivity (Wildman–Crippen MR) is 82.0 cm³/mol. The molecule has 0 bridgehead atoms. The van der Waals surface area contributed by atoms with Crippen LogP contribution in [0.5, 0.6) is 0 Å². The van der Waals surface area contributed by atoms with Gasteiger partial charge < -0.3 is 9.84 Å². The maximum absolute atomic E-state index is 12.0. The van der Waals surface area contributed by atoms with Crippen molar-refractivity contribution in [2.24, 2.45) is 5.92 Å². The third-order valence-electron chi connectivity index (χ3n) is 3.89. The average Bonchev–Trinajstić information content (AvgIpc) is 2.54. The highest BCUT2D eigenvalue weighted by atomic mass is 16.6. The fourth-order valence-electron chi connectivity index (χ4n) is 2.46. The predicted octanol–water partition coefficient (Wildman–Crippen LogP) is 3.00. The summed E-state index contributed by atoms with van der Waals surface area (Å²) in [6.45, 7) is 1.34. The van der Waals surface area contributed by atoms with Gasteiger partial charge in [-0.25, -0.2) is 0 Å². The van der Waals surface area contributed by atoms with Crippen LogP contribution in [0, 0.1) is 17.8 Å². The molecule has 2 rings (SSSR count). The Balaban J connectivity index is 2.20. The zero-order chi connectivity index (χ0) is 16.0. The smallest absolute Gasteiger partial charge is 0.321 e. The Labute approximate surface area is 130 Å². The number of carboxylic acids is 1. The number of aliphatic carboxylic acids is 1. The second-order valence-electron chi connectivity index (χ2n) is 5.65. The molecule has 116 valence electrons. The summed E-state index contributed by atoms with van der Waals surface area (Å²) in [6, 6.07) is 9.50. The van der Waals surface area contributed by atoms with Crippen molar-refractivity contribution in [2.45, 2.75) is 44.6 Å². The van der Waals surface area contributed by atoms with Crippen molar-refractivity contribution in [3.63, 3.8) is 0 Å². The highest BCUT2D eigenvalue weighted by Crippen LogP contribution is 2.32. The number of rotatable bonds is 3. The van der Waals surface area contributed by atoms with E-state index in [1.165, 1.54) is 6.92 Å². The van der Waals surface area contributed by atoms with Crippen LogP contribution in [-0.2, 0) is 14.3 Å². The van der Waals surface area contributed by atoms with Gasteiger partial charge >= 0.3 is 11.9 Å². The summed E-state index contributed by atoms with van der Waals surface area (Å²) < 4.78 is 5.53. The summed E-state index contributed by atoms with van der Waals surface area (Å²) in [6.07, 6.45) is 4.26. The van der Waals surface area contributed by atoms with Crippen molar-refractivity contribution in [1.29, 1.82) is 0 Å². The lowest BCUT2D eigenvalue weighted by Gasteiger charge is -2.32. The van der Waals surface area contributed by atoms with Crippen molar-refractivity contribution >= 4 is 11.9 Å². The average molecular weight is 300 g/mol. The SMILES string of the molecule is CC(C(=O)O)C(=O)OC1(C#Cc2ccccc2)CCCCC1. The van der Waals surface area contributed by atoms with E-state index in [9.17, 15) is 9.59 Å². The molecule has 0 amide bonds. The zero-order valence-electron chi connectivity index (χ0n) is 12.7. The molecule has 22 heavy (non-hydrogen) atoms. The first-order valence-electron chi connectivity index (χ1n) is 7.56. The summed E-state index contributed by atoms with van der Waals surface area (Å²) in [5.41, 5.74) is 0.00398. The lowest BCUT2D eigenvalue weighted by atomic mass is 9.84. The van der Waals surface area contributed by atoms with Gasteiger partial charge in [0.25, 0.3) is 0 Å². The molecular weight excluding hydrogens is 280 g/mol. The number of carboxylic acid groups (broad SMARTS) is 1. The van der Waals surface area contributed by atoms with Crippen LogP contribution in [0.4, 0.5) is 0 Å². The molecule has 0 radical (unpaired) electrons. The first kappa shape index (κ1) is 16.1. The molecule has 0 heterocycles. The van der Waals surface area contributed by atoms with E-state index in [0.29, 0.717) is 12.8 Å². The summed E-state index contributed by atoms with van der Waals surface area (Å²) in [7, 11) is 0. The van der Waals surface area contributed by atoms with Gasteiger partial charge in [0, 0.05) is 5.56 Å². The molecule has 4 heteroatoms. The number of ether oxygens (including phenoxy) is 1. The van der Waals surface area contributed by atoms with Crippen molar-refractivity contribution < 1.29 is 19.4 Å². The Morgan fingerprint density at radius 1 is 1.18 bits per heavy atom. The number of hydrogen-bond donors (Lipinski definition) is 1. The van der Waals surface area contributed by atoms with E-state index in [4.69, 9.17) is 9.84 Å². The van der Waals surface area contributed by atoms with Gasteiger partial charge in [0.2, 0.25) is 0 Å². The molecule has 0 aromatic heterocycles. The van der Waals surface area contributed by atoms with Gasteiger partial charge in [-0.3, -0.25) is 9.59 Å². The molecule has 1 fully saturated rings. The largest absolute Gasteiger partial charge is 0.481 e. The second-order valence-corrected chi connectivity index (χ2v) is 5.65. The van der Waals surface area contributed by atoms with Crippen LogP contribution < -0.4 is 0 Å². The molecule has 1 N–H and O–H groups in total. The van der Waals surface area contributed by atoms with Crippen LogP contribution in [0.15, 0.2) is 30.3 Å². The minimum absolute atomic E-state index is 0.658. The Kier molecular flexibility index (Phi) is 5.21. The third-order valence-corrected chi connectivity index (χ3v) is 3.89. The van der Waals surface area contributed by atoms with Crippen LogP contribution in [-0.4, -0.2) is 22.6 Å². The monoisotopic (exact) mass is 300 g/mol. The number of carbonyl (C=O) groups is 2. The third kappa shape index (κ3) is 4.11. The van der Waals surface area contributed by atoms with E-state index in [-0.39, 0.29) is 0 Å². The van der Waals surface area contributed by atoms with Crippen LogP contribution in [0.25, 0.3) is 0 Å². The van der Waals surface area contributed by atoms with Crippen molar-refractivity contribution in [3.05, 3.63) is 35.9 Å². The molecule has 0 aliphatic heterocycles. The minimum atomic E-state index is -1.17. The van der Waals surface area contributed by atoms with E-state index >= 15 is 0 Å². The van der Waals surface area contributed by atoms with Gasteiger partial charge in [-0.15, -0.1) is 0 Å². The van der Waals surface area contributed by atoms with Gasteiger partial charge in [-0.05, 0) is 50.7 Å². The topological polar surface area (TPSA) is 63.6 Å². The van der Waals surface area contributed by atoms with E-state index in [0.717, 1.165) is 24.8 Å². The first-order chi connectivity index (χ1) is 10.5. The Morgan fingerprint density at radius 3 is 2.41 bits per heavy atom. The molecule has 0 saturated heterocycles. The molecule has 1 aromatic rings. The van der Waals surface area contributed by atoms with Gasteiger partial charge in [0.05, 0.1) is 0 Å². The van der Waals surface area contributed by atoms with Crippen LogP contribution in [0.2, 0.25) is 0 Å². The molecule has 1 unspecified atom stereocenters. The number of hydrogen-bond acceptors (Lipinski definition) is 3. The fourth-order valence-corrected chi connectivity index (χ4v) is 2.46. The molecular formula is C18H20O4. The second kappa shape index (κ2) is 7.13. The molecule has 1 atom stereocenters. The summed E-state index contributed by atoms with van der Waals surface area (Å²) in [5.74, 6) is 3.09. The molecule has 4 nitrogen and oxygen atoms in total. The Bertz CT molecular complexity index is 589. The first-order valence-corrected chi connectivity index (χ1v) is 7.56. The lowest BCUT2D eigenvalue weighted by Crippen LogP contribution is -2.39. The van der Waals surface area contributed by atoms with Gasteiger partial charge in [0.1, 0.15) is 0 Å². The van der Waals surface area contributed by atoms with Crippen LogP contribution >= 0.6 is 0 Å². The molecule has 1 aromatic carbocycles. The summed E-state index contributed by atoms with van der Waals surface area (Å²) >= 11 is 0. The van der Waals surface area contributed by atoms with E-state index in [1.807, 2.05) is 30.3 Å². The number of benzene rings is 1. The van der Waals surface area contributed by atoms with Gasteiger partial charge in [-0.1, -0.05) is 30.5 Å². The Hall–Kier alpha value is -2.28. The Morgan fingerprint density at radius 2 is 1.82 bits per heavy atom. The maximum Gasteiger partial charge on any atom is 0.321 e. The molecule has 1 aliphatic rings. The quantitative estimate of drug-likeness (QED) is 0.529. The van der Waals surface area contributed by atoms with Crippen molar-refractivity contribution in [2.75, 3.05) is 0 Å². The standard InChI is InChI=1S/C18H20O4/c1-14(16(19)20)17(21)22-18(11-6-3-7-12-18)13-10-15-8-4-2-5-9-15/h2,4-5,8-9,14H,3,6-7,11-12H2,1H3,(H,19,20). The van der Waals surface area contributed by atoms with Crippen LogP contribution in [0.3, 0.4) is 0 Å². The lowest BCUT2D eigenvalue weighted by molar-refractivity contribution is -0.167. The van der Waals surface area contributed by atoms with E-state index < -0.39 is 23.5 Å². The number of carbonyl (C=O) groups excluding carboxylic acids is 1. The van der Waals surface area contributed by atoms with E-state index in [1.54, 1.807) is 0 Å². The minimum Gasteiger partial charge on any atom is -0.481 e. The maximum atomic E-state index is 12.0. The zero-order valence-corrected chi connectivity index (χ0v) is 12.7. The highest BCUT2D eigenvalue weighted by Gasteiger charge is 2.37. The number of esters is 1. The van der Waals surface area contributed by atoms with Crippen LogP contribution in [0.1, 0.15) is 44.6 Å². The van der Waals surface area contributed by atoms with Crippen molar-refractivity contribution in [1.82, 2.24) is 0 Å². The van der Waals surface area contributed by atoms with Gasteiger partial charge in [-0.2, -0.15) is 0 Å². The molecule has 0 spiro atoms. The normalized spacial score (nSPS) is 17.7. The van der Waals surface area contributed by atoms with E-state index in [2.05, 4.69) is 11.8 Å². The summed E-state index contributed by atoms with van der Waals surface area (Å²) in [5, 5.41) is 8.94. The fraction of sp³-hybridized carbons (Fsp3) is 0.444.